The van der Waals surface area contributed by atoms with Crippen LogP contribution in [0.3, 0.4) is 0 Å². The molecule has 0 amide bonds. The number of sulfonamides is 1. The van der Waals surface area contributed by atoms with Crippen LogP contribution < -0.4 is 4.72 Å². The molecule has 0 radical (unpaired) electrons. The fourth-order valence-corrected chi connectivity index (χ4v) is 3.87. The Bertz CT molecular complexity index is 1080. The number of nitrogens with one attached hydrogen (secondary N) is 1. The second-order valence-electron chi connectivity index (χ2n) is 6.13. The van der Waals surface area contributed by atoms with E-state index in [0.29, 0.717) is 17.7 Å². The Hall–Kier alpha value is -3.19. The molecule has 3 rings (SSSR count). The van der Waals surface area contributed by atoms with Gasteiger partial charge in [-0.25, -0.2) is 8.42 Å². The maximum Gasteiger partial charge on any atom is 0.273 e. The highest BCUT2D eigenvalue weighted by Crippen LogP contribution is 2.26. The topological polar surface area (TPSA) is 89.3 Å². The Morgan fingerprint density at radius 1 is 0.963 bits per heavy atom. The number of para-hydroxylation sites is 1. The first-order chi connectivity index (χ1) is 12.9. The molecule has 0 bridgehead atoms. The van der Waals surface area contributed by atoms with E-state index in [4.69, 9.17) is 0 Å². The Kier molecular flexibility index (Phi) is 5.23. The van der Waals surface area contributed by atoms with Crippen LogP contribution in [0, 0.1) is 17.0 Å². The third-order valence-electron chi connectivity index (χ3n) is 4.19. The highest BCUT2D eigenvalue weighted by Gasteiger charge is 2.20. The van der Waals surface area contributed by atoms with E-state index in [1.54, 1.807) is 19.1 Å². The number of hydrogen-bond donors (Lipinski definition) is 1. The summed E-state index contributed by atoms with van der Waals surface area (Å²) in [6.07, 6.45) is 0.563. The molecule has 3 aromatic rings. The summed E-state index contributed by atoms with van der Waals surface area (Å²) >= 11 is 0. The van der Waals surface area contributed by atoms with Crippen molar-refractivity contribution in [3.05, 3.63) is 99.6 Å². The fourth-order valence-electron chi connectivity index (χ4n) is 2.75. The Morgan fingerprint density at radius 3 is 2.33 bits per heavy atom. The molecule has 0 heterocycles. The van der Waals surface area contributed by atoms with Crippen molar-refractivity contribution in [2.45, 2.75) is 18.2 Å². The average Bonchev–Trinajstić information content (AvgIpc) is 2.64. The van der Waals surface area contributed by atoms with Gasteiger partial charge in [-0.15, -0.1) is 0 Å². The largest absolute Gasteiger partial charge is 0.279 e. The molecule has 0 saturated carbocycles. The first-order valence-electron chi connectivity index (χ1n) is 8.26. The van der Waals surface area contributed by atoms with Gasteiger partial charge in [-0.3, -0.25) is 14.8 Å². The molecule has 0 spiro atoms. The summed E-state index contributed by atoms with van der Waals surface area (Å²) < 4.78 is 28.1. The van der Waals surface area contributed by atoms with Crippen LogP contribution in [0.5, 0.6) is 0 Å². The van der Waals surface area contributed by atoms with Gasteiger partial charge in [0.1, 0.15) is 0 Å². The molecule has 3 aromatic carbocycles. The van der Waals surface area contributed by atoms with E-state index < -0.39 is 14.9 Å². The van der Waals surface area contributed by atoms with E-state index in [9.17, 15) is 18.5 Å². The van der Waals surface area contributed by atoms with Crippen LogP contribution in [0.25, 0.3) is 0 Å². The average molecular weight is 382 g/mol. The Balaban J connectivity index is 1.93. The third-order valence-corrected chi connectivity index (χ3v) is 5.55. The molecule has 1 N–H and O–H groups in total. The lowest BCUT2D eigenvalue weighted by atomic mass is 10.0. The van der Waals surface area contributed by atoms with Crippen molar-refractivity contribution in [1.82, 2.24) is 0 Å². The first kappa shape index (κ1) is 18.6. The monoisotopic (exact) mass is 382 g/mol. The molecule has 0 fully saturated rings. The lowest BCUT2D eigenvalue weighted by Crippen LogP contribution is -2.14. The van der Waals surface area contributed by atoms with Crippen molar-refractivity contribution in [3.8, 4) is 0 Å². The number of anilines is 1. The SMILES string of the molecule is Cc1ccc(S(=O)(=O)Nc2ccccc2Cc2ccccc2)cc1[N+](=O)[O-]. The molecule has 0 saturated heterocycles. The number of rotatable bonds is 6. The quantitative estimate of drug-likeness (QED) is 0.508. The third kappa shape index (κ3) is 4.32. The lowest BCUT2D eigenvalue weighted by molar-refractivity contribution is -0.385. The number of nitro benzene ring substituents is 1. The molecule has 0 aliphatic rings. The van der Waals surface area contributed by atoms with Crippen LogP contribution in [-0.4, -0.2) is 13.3 Å². The van der Waals surface area contributed by atoms with Crippen LogP contribution in [0.1, 0.15) is 16.7 Å². The van der Waals surface area contributed by atoms with Gasteiger partial charge in [0.25, 0.3) is 15.7 Å². The van der Waals surface area contributed by atoms with Crippen molar-refractivity contribution in [2.24, 2.45) is 0 Å². The molecule has 0 aliphatic carbocycles. The second kappa shape index (κ2) is 7.59. The van der Waals surface area contributed by atoms with Crippen LogP contribution >= 0.6 is 0 Å². The number of hydrogen-bond acceptors (Lipinski definition) is 4. The van der Waals surface area contributed by atoms with E-state index in [1.807, 2.05) is 42.5 Å². The minimum atomic E-state index is -3.96. The summed E-state index contributed by atoms with van der Waals surface area (Å²) in [6, 6.07) is 20.7. The molecule has 138 valence electrons. The number of benzene rings is 3. The number of nitro groups is 1. The van der Waals surface area contributed by atoms with Crippen molar-refractivity contribution < 1.29 is 13.3 Å². The molecule has 6 nitrogen and oxygen atoms in total. The normalized spacial score (nSPS) is 11.1. The predicted octanol–water partition coefficient (Wildman–Crippen LogP) is 4.29. The van der Waals surface area contributed by atoms with E-state index in [2.05, 4.69) is 4.72 Å². The van der Waals surface area contributed by atoms with Gasteiger partial charge in [0.05, 0.1) is 15.5 Å². The summed E-state index contributed by atoms with van der Waals surface area (Å²) in [6.45, 7) is 1.57. The van der Waals surface area contributed by atoms with Gasteiger partial charge in [0, 0.05) is 11.6 Å². The molecular weight excluding hydrogens is 364 g/mol. The van der Waals surface area contributed by atoms with Gasteiger partial charge in [0.2, 0.25) is 0 Å². The van der Waals surface area contributed by atoms with Crippen molar-refractivity contribution in [3.63, 3.8) is 0 Å². The maximum atomic E-state index is 12.8. The van der Waals surface area contributed by atoms with E-state index >= 15 is 0 Å². The van der Waals surface area contributed by atoms with Gasteiger partial charge in [0.15, 0.2) is 0 Å². The zero-order valence-electron chi connectivity index (χ0n) is 14.6. The molecule has 7 heteroatoms. The highest BCUT2D eigenvalue weighted by molar-refractivity contribution is 7.92. The zero-order chi connectivity index (χ0) is 19.4. The van der Waals surface area contributed by atoms with E-state index in [1.165, 1.54) is 12.1 Å². The predicted molar refractivity (Wildman–Crippen MR) is 104 cm³/mol. The zero-order valence-corrected chi connectivity index (χ0v) is 15.4. The van der Waals surface area contributed by atoms with Crippen molar-refractivity contribution in [1.29, 1.82) is 0 Å². The summed E-state index contributed by atoms with van der Waals surface area (Å²) in [5.41, 5.74) is 2.49. The van der Waals surface area contributed by atoms with Gasteiger partial charge in [-0.2, -0.15) is 0 Å². The number of nitrogens with zero attached hydrogens (tertiary/aromatic N) is 1. The van der Waals surface area contributed by atoms with Gasteiger partial charge in [-0.1, -0.05) is 54.6 Å². The van der Waals surface area contributed by atoms with Crippen LogP contribution in [-0.2, 0) is 16.4 Å². The molecule has 0 aliphatic heterocycles. The van der Waals surface area contributed by atoms with Crippen LogP contribution in [0.15, 0.2) is 77.7 Å². The summed E-state index contributed by atoms with van der Waals surface area (Å²) in [5, 5.41) is 11.1. The summed E-state index contributed by atoms with van der Waals surface area (Å²) in [5.74, 6) is 0. The number of aryl methyl sites for hydroxylation is 1. The van der Waals surface area contributed by atoms with Crippen LogP contribution in [0.2, 0.25) is 0 Å². The fraction of sp³-hybridized carbons (Fsp3) is 0.100. The summed E-state index contributed by atoms with van der Waals surface area (Å²) in [7, 11) is -3.96. The van der Waals surface area contributed by atoms with Crippen molar-refractivity contribution in [2.75, 3.05) is 4.72 Å². The van der Waals surface area contributed by atoms with Crippen LogP contribution in [0.4, 0.5) is 11.4 Å². The molecule has 0 unspecified atom stereocenters. The highest BCUT2D eigenvalue weighted by atomic mass is 32.2. The smallest absolute Gasteiger partial charge is 0.273 e. The second-order valence-corrected chi connectivity index (χ2v) is 7.81. The molecular formula is C20H18N2O4S. The Morgan fingerprint density at radius 2 is 1.63 bits per heavy atom. The Labute approximate surface area is 157 Å². The first-order valence-corrected chi connectivity index (χ1v) is 9.75. The van der Waals surface area contributed by atoms with Gasteiger partial charge < -0.3 is 0 Å². The standard InChI is InChI=1S/C20H18N2O4S/c1-15-11-12-18(14-20(15)22(23)24)27(25,26)21-19-10-6-5-9-17(19)13-16-7-3-2-4-8-16/h2-12,14,21H,13H2,1H3. The minimum absolute atomic E-state index is 0.144. The van der Waals surface area contributed by atoms with Gasteiger partial charge in [-0.05, 0) is 36.6 Å². The van der Waals surface area contributed by atoms with Gasteiger partial charge >= 0.3 is 0 Å². The minimum Gasteiger partial charge on any atom is -0.279 e. The molecule has 27 heavy (non-hydrogen) atoms. The lowest BCUT2D eigenvalue weighted by Gasteiger charge is -2.13. The summed E-state index contributed by atoms with van der Waals surface area (Å²) in [4.78, 5) is 10.4. The molecule has 0 aromatic heterocycles. The van der Waals surface area contributed by atoms with E-state index in [-0.39, 0.29) is 10.6 Å². The molecule has 0 atom stereocenters. The maximum absolute atomic E-state index is 12.8. The van der Waals surface area contributed by atoms with E-state index in [0.717, 1.165) is 17.2 Å². The van der Waals surface area contributed by atoms with Crippen molar-refractivity contribution >= 4 is 21.4 Å².